The first-order chi connectivity index (χ1) is 13.4. The molecule has 0 saturated heterocycles. The number of halogens is 1. The van der Waals surface area contributed by atoms with E-state index in [9.17, 15) is 22.9 Å². The number of benzene rings is 2. The van der Waals surface area contributed by atoms with Crippen LogP contribution in [0.15, 0.2) is 58.5 Å². The Labute approximate surface area is 162 Å². The summed E-state index contributed by atoms with van der Waals surface area (Å²) in [6.07, 6.45) is 2.88. The van der Waals surface area contributed by atoms with E-state index in [2.05, 4.69) is 0 Å². The molecular formula is C20H17FN2O4S. The van der Waals surface area contributed by atoms with Crippen molar-refractivity contribution in [2.75, 3.05) is 11.5 Å². The van der Waals surface area contributed by atoms with Crippen LogP contribution < -0.4 is 4.90 Å². The molecule has 0 unspecified atom stereocenters. The van der Waals surface area contributed by atoms with Gasteiger partial charge in [0, 0.05) is 11.9 Å². The minimum Gasteiger partial charge on any atom is -0.462 e. The summed E-state index contributed by atoms with van der Waals surface area (Å²) in [7, 11) is -4.09. The molecule has 1 heterocycles. The number of hydrogen-bond acceptors (Lipinski definition) is 6. The minimum absolute atomic E-state index is 0.221. The van der Waals surface area contributed by atoms with E-state index in [-0.39, 0.29) is 10.6 Å². The van der Waals surface area contributed by atoms with Crippen LogP contribution in [-0.4, -0.2) is 21.0 Å². The van der Waals surface area contributed by atoms with Gasteiger partial charge in [-0.25, -0.2) is 17.6 Å². The van der Waals surface area contributed by atoms with E-state index < -0.39 is 26.5 Å². The van der Waals surface area contributed by atoms with Crippen molar-refractivity contribution in [3.8, 4) is 6.07 Å². The van der Waals surface area contributed by atoms with Crippen molar-refractivity contribution < 1.29 is 22.3 Å². The number of allylic oxidation sites excluding steroid dienone is 1. The minimum atomic E-state index is -4.09. The van der Waals surface area contributed by atoms with Crippen molar-refractivity contribution in [3.63, 3.8) is 0 Å². The second kappa shape index (κ2) is 7.82. The van der Waals surface area contributed by atoms with Gasteiger partial charge in [-0.1, -0.05) is 13.3 Å². The Balaban J connectivity index is 1.97. The van der Waals surface area contributed by atoms with Crippen LogP contribution in [0, 0.1) is 17.1 Å². The Morgan fingerprint density at radius 3 is 2.57 bits per heavy atom. The molecule has 0 atom stereocenters. The van der Waals surface area contributed by atoms with Crippen LogP contribution >= 0.6 is 0 Å². The SMILES string of the molecule is CCCCOC(=O)c1ccc(N2C=C(C#N)S(=O)(=O)c3cc(F)ccc32)cc1. The molecule has 144 valence electrons. The number of ether oxygens (including phenoxy) is 1. The van der Waals surface area contributed by atoms with Crippen LogP contribution in [-0.2, 0) is 14.6 Å². The maximum atomic E-state index is 13.6. The van der Waals surface area contributed by atoms with Gasteiger partial charge in [-0.3, -0.25) is 0 Å². The molecule has 3 rings (SSSR count). The molecule has 0 spiro atoms. The Bertz CT molecular complexity index is 1090. The first-order valence-corrected chi connectivity index (χ1v) is 10.1. The Morgan fingerprint density at radius 1 is 1.21 bits per heavy atom. The molecule has 0 aromatic heterocycles. The summed E-state index contributed by atoms with van der Waals surface area (Å²) in [5.74, 6) is -1.16. The van der Waals surface area contributed by atoms with E-state index in [0.29, 0.717) is 17.9 Å². The maximum absolute atomic E-state index is 13.6. The number of carbonyl (C=O) groups is 1. The van der Waals surface area contributed by atoms with Gasteiger partial charge in [-0.05, 0) is 48.9 Å². The third-order valence-electron chi connectivity index (χ3n) is 4.23. The third-order valence-corrected chi connectivity index (χ3v) is 5.91. The molecule has 0 amide bonds. The van der Waals surface area contributed by atoms with Gasteiger partial charge in [0.05, 0.1) is 22.8 Å². The molecule has 1 aliphatic rings. The average molecular weight is 400 g/mol. The fraction of sp³-hybridized carbons (Fsp3) is 0.200. The zero-order valence-electron chi connectivity index (χ0n) is 15.1. The second-order valence-electron chi connectivity index (χ2n) is 6.13. The largest absolute Gasteiger partial charge is 0.462 e. The number of rotatable bonds is 5. The van der Waals surface area contributed by atoms with Crippen molar-refractivity contribution in [1.82, 2.24) is 0 Å². The van der Waals surface area contributed by atoms with Crippen molar-refractivity contribution in [2.24, 2.45) is 0 Å². The summed E-state index contributed by atoms with van der Waals surface area (Å²) < 4.78 is 43.8. The molecule has 0 bridgehead atoms. The van der Waals surface area contributed by atoms with E-state index in [1.54, 1.807) is 30.3 Å². The van der Waals surface area contributed by atoms with Crippen LogP contribution in [0.1, 0.15) is 30.1 Å². The lowest BCUT2D eigenvalue weighted by molar-refractivity contribution is 0.0500. The number of sulfone groups is 1. The summed E-state index contributed by atoms with van der Waals surface area (Å²) in [4.78, 5) is 12.7. The number of fused-ring (bicyclic) bond motifs is 1. The smallest absolute Gasteiger partial charge is 0.338 e. The number of unbranched alkanes of at least 4 members (excludes halogenated alkanes) is 1. The predicted octanol–water partition coefficient (Wildman–Crippen LogP) is 4.07. The molecule has 1 aliphatic heterocycles. The standard InChI is InChI=1S/C20H17FN2O4S/c1-2-3-10-27-20(24)14-4-7-16(8-5-14)23-13-17(12-22)28(25,26)19-11-15(21)6-9-18(19)23/h4-9,11,13H,2-3,10H2,1H3. The van der Waals surface area contributed by atoms with Crippen molar-refractivity contribution in [3.05, 3.63) is 65.0 Å². The molecular weight excluding hydrogens is 383 g/mol. The van der Waals surface area contributed by atoms with Crippen molar-refractivity contribution in [1.29, 1.82) is 5.26 Å². The fourth-order valence-electron chi connectivity index (χ4n) is 2.73. The van der Waals surface area contributed by atoms with Crippen LogP contribution in [0.25, 0.3) is 0 Å². The van der Waals surface area contributed by atoms with Gasteiger partial charge in [-0.15, -0.1) is 0 Å². The average Bonchev–Trinajstić information content (AvgIpc) is 2.69. The molecule has 0 radical (unpaired) electrons. The first kappa shape index (κ1) is 19.6. The molecule has 0 N–H and O–H groups in total. The Hall–Kier alpha value is -3.18. The van der Waals surface area contributed by atoms with Gasteiger partial charge in [-0.2, -0.15) is 5.26 Å². The Morgan fingerprint density at radius 2 is 1.93 bits per heavy atom. The fourth-order valence-corrected chi connectivity index (χ4v) is 4.04. The van der Waals surface area contributed by atoms with E-state index in [1.807, 2.05) is 6.92 Å². The van der Waals surface area contributed by atoms with E-state index in [1.165, 1.54) is 17.2 Å². The highest BCUT2D eigenvalue weighted by Crippen LogP contribution is 2.39. The number of nitriles is 1. The molecule has 8 heteroatoms. The number of anilines is 2. The number of hydrogen-bond donors (Lipinski definition) is 0. The summed E-state index contributed by atoms with van der Waals surface area (Å²) in [5.41, 5.74) is 1.09. The van der Waals surface area contributed by atoms with Gasteiger partial charge < -0.3 is 9.64 Å². The van der Waals surface area contributed by atoms with Gasteiger partial charge in [0.15, 0.2) is 4.91 Å². The first-order valence-electron chi connectivity index (χ1n) is 8.61. The number of nitrogens with zero attached hydrogens (tertiary/aromatic N) is 2. The van der Waals surface area contributed by atoms with Crippen LogP contribution in [0.2, 0.25) is 0 Å². The lowest BCUT2D eigenvalue weighted by Gasteiger charge is -2.27. The topological polar surface area (TPSA) is 87.5 Å². The van der Waals surface area contributed by atoms with Crippen LogP contribution in [0.5, 0.6) is 0 Å². The zero-order chi connectivity index (χ0) is 20.3. The predicted molar refractivity (Wildman–Crippen MR) is 101 cm³/mol. The quantitative estimate of drug-likeness (QED) is 0.555. The van der Waals surface area contributed by atoms with E-state index in [4.69, 9.17) is 4.74 Å². The van der Waals surface area contributed by atoms with Gasteiger partial charge in [0.2, 0.25) is 9.84 Å². The molecule has 28 heavy (non-hydrogen) atoms. The Kier molecular flexibility index (Phi) is 5.47. The lowest BCUT2D eigenvalue weighted by atomic mass is 10.1. The number of esters is 1. The monoisotopic (exact) mass is 400 g/mol. The highest BCUT2D eigenvalue weighted by molar-refractivity contribution is 7.95. The lowest BCUT2D eigenvalue weighted by Crippen LogP contribution is -2.21. The molecule has 0 saturated carbocycles. The second-order valence-corrected chi connectivity index (χ2v) is 8.01. The van der Waals surface area contributed by atoms with Crippen LogP contribution in [0.4, 0.5) is 15.8 Å². The molecule has 6 nitrogen and oxygen atoms in total. The van der Waals surface area contributed by atoms with Crippen molar-refractivity contribution in [2.45, 2.75) is 24.7 Å². The molecule has 2 aromatic carbocycles. The number of carbonyl (C=O) groups excluding carboxylic acids is 1. The van der Waals surface area contributed by atoms with Gasteiger partial charge >= 0.3 is 5.97 Å². The normalized spacial score (nSPS) is 14.6. The van der Waals surface area contributed by atoms with Crippen LogP contribution in [0.3, 0.4) is 0 Å². The maximum Gasteiger partial charge on any atom is 0.338 e. The molecule has 0 aliphatic carbocycles. The third kappa shape index (κ3) is 3.62. The highest BCUT2D eigenvalue weighted by atomic mass is 32.2. The summed E-state index contributed by atoms with van der Waals surface area (Å²) >= 11 is 0. The molecule has 2 aromatic rings. The summed E-state index contributed by atoms with van der Waals surface area (Å²) in [6, 6.07) is 11.3. The van der Waals surface area contributed by atoms with Gasteiger partial charge in [0.25, 0.3) is 0 Å². The van der Waals surface area contributed by atoms with Gasteiger partial charge in [0.1, 0.15) is 11.9 Å². The van der Waals surface area contributed by atoms with E-state index >= 15 is 0 Å². The summed E-state index contributed by atoms with van der Waals surface area (Å²) in [5, 5.41) is 9.23. The molecule has 0 fully saturated rings. The van der Waals surface area contributed by atoms with Crippen molar-refractivity contribution >= 4 is 27.2 Å². The summed E-state index contributed by atoms with van der Waals surface area (Å²) in [6.45, 7) is 2.34. The van der Waals surface area contributed by atoms with E-state index in [0.717, 1.165) is 25.0 Å². The highest BCUT2D eigenvalue weighted by Gasteiger charge is 2.32. The zero-order valence-corrected chi connectivity index (χ0v) is 15.9.